The maximum atomic E-state index is 12.5. The van der Waals surface area contributed by atoms with Gasteiger partial charge in [0.15, 0.2) is 6.23 Å². The van der Waals surface area contributed by atoms with Crippen molar-refractivity contribution in [1.82, 2.24) is 9.55 Å². The molecule has 35 heavy (non-hydrogen) atoms. The Hall–Kier alpha value is -2.82. The van der Waals surface area contributed by atoms with E-state index in [0.717, 1.165) is 10.4 Å². The third-order valence-electron chi connectivity index (χ3n) is 6.77. The van der Waals surface area contributed by atoms with Crippen LogP contribution < -0.4 is 21.6 Å². The van der Waals surface area contributed by atoms with Gasteiger partial charge in [0, 0.05) is 12.3 Å². The van der Waals surface area contributed by atoms with Gasteiger partial charge in [-0.05, 0) is 15.8 Å². The Morgan fingerprint density at radius 2 is 1.66 bits per heavy atom. The van der Waals surface area contributed by atoms with E-state index in [2.05, 4.69) is 50.0 Å². The molecule has 5 rings (SSSR count). The zero-order chi connectivity index (χ0) is 24.8. The first-order chi connectivity index (χ1) is 16.7. The average Bonchev–Trinajstić information content (AvgIpc) is 3.29. The molecule has 0 radical (unpaired) electrons. The third-order valence-corrected chi connectivity index (χ3v) is 9.29. The molecule has 2 aliphatic heterocycles. The SMILES string of the molecule is CC(C)(C)C(O[SiH](c1ccccc1)c1ccccc1)[C@@]12CO[C@H]([C@H](n3ccc(=O)[nH]c3=O)O1)[C@H]2O. The van der Waals surface area contributed by atoms with Crippen molar-refractivity contribution in [3.8, 4) is 0 Å². The standard InChI is InChI=1S/C26H30N2O6Si/c1-25(2,3)23(34-35(17-10-6-4-7-11-17)18-12-8-5-9-13-18)26-16-32-20(21(26)30)22(33-26)28-15-14-19(29)27-24(28)31/h4-15,20-23,30,35H,16H2,1-3H3,(H,27,29,31)/t20-,21+,22+,23?,26-/m0/s1. The molecule has 2 saturated heterocycles. The highest BCUT2D eigenvalue weighted by molar-refractivity contribution is 6.80. The minimum Gasteiger partial charge on any atom is -0.404 e. The van der Waals surface area contributed by atoms with Crippen molar-refractivity contribution < 1.29 is 19.0 Å². The second-order valence-corrected chi connectivity index (χ2v) is 12.7. The van der Waals surface area contributed by atoms with Crippen molar-refractivity contribution in [3.63, 3.8) is 0 Å². The van der Waals surface area contributed by atoms with Crippen molar-refractivity contribution in [2.24, 2.45) is 5.41 Å². The second kappa shape index (κ2) is 9.00. The van der Waals surface area contributed by atoms with E-state index in [1.807, 2.05) is 36.4 Å². The van der Waals surface area contributed by atoms with Gasteiger partial charge < -0.3 is 19.0 Å². The van der Waals surface area contributed by atoms with Gasteiger partial charge >= 0.3 is 5.69 Å². The Morgan fingerprint density at radius 3 is 2.20 bits per heavy atom. The van der Waals surface area contributed by atoms with Crippen LogP contribution in [-0.4, -0.2) is 54.2 Å². The summed E-state index contributed by atoms with van der Waals surface area (Å²) in [5, 5.41) is 13.7. The maximum absolute atomic E-state index is 12.5. The van der Waals surface area contributed by atoms with Crippen LogP contribution in [0.2, 0.25) is 0 Å². The number of aliphatic hydroxyl groups is 1. The van der Waals surface area contributed by atoms with Gasteiger partial charge in [-0.3, -0.25) is 14.3 Å². The predicted molar refractivity (Wildman–Crippen MR) is 134 cm³/mol. The van der Waals surface area contributed by atoms with Crippen LogP contribution in [0, 0.1) is 5.41 Å². The molecule has 0 aliphatic carbocycles. The fourth-order valence-electron chi connectivity index (χ4n) is 5.24. The lowest BCUT2D eigenvalue weighted by Crippen LogP contribution is -2.62. The predicted octanol–water partition coefficient (Wildman–Crippen LogP) is 0.533. The Labute approximate surface area is 204 Å². The van der Waals surface area contributed by atoms with E-state index < -0.39 is 55.8 Å². The summed E-state index contributed by atoms with van der Waals surface area (Å²) in [4.78, 5) is 26.3. The molecule has 2 aromatic carbocycles. The van der Waals surface area contributed by atoms with Crippen molar-refractivity contribution in [2.45, 2.75) is 50.9 Å². The van der Waals surface area contributed by atoms with Crippen molar-refractivity contribution in [1.29, 1.82) is 0 Å². The summed E-state index contributed by atoms with van der Waals surface area (Å²) in [6.45, 7) is 6.30. The number of nitrogens with zero attached hydrogens (tertiary/aromatic N) is 1. The van der Waals surface area contributed by atoms with E-state index >= 15 is 0 Å². The van der Waals surface area contributed by atoms with Crippen LogP contribution >= 0.6 is 0 Å². The summed E-state index contributed by atoms with van der Waals surface area (Å²) in [7, 11) is -2.20. The van der Waals surface area contributed by atoms with E-state index in [4.69, 9.17) is 13.9 Å². The molecule has 1 unspecified atom stereocenters. The van der Waals surface area contributed by atoms with Gasteiger partial charge in [0.25, 0.3) is 5.56 Å². The molecule has 3 heterocycles. The highest BCUT2D eigenvalue weighted by Gasteiger charge is 2.67. The monoisotopic (exact) mass is 494 g/mol. The molecule has 9 heteroatoms. The highest BCUT2D eigenvalue weighted by atomic mass is 28.3. The van der Waals surface area contributed by atoms with Gasteiger partial charge in [-0.25, -0.2) is 4.79 Å². The molecule has 0 spiro atoms. The number of benzene rings is 2. The molecule has 2 aliphatic rings. The minimum atomic E-state index is -2.20. The Kier molecular flexibility index (Phi) is 6.14. The number of nitrogens with one attached hydrogen (secondary N) is 1. The number of ether oxygens (including phenoxy) is 2. The zero-order valence-electron chi connectivity index (χ0n) is 20.0. The number of aromatic nitrogens is 2. The number of hydrogen-bond acceptors (Lipinski definition) is 6. The lowest BCUT2D eigenvalue weighted by molar-refractivity contribution is -0.221. The quantitative estimate of drug-likeness (QED) is 0.485. The summed E-state index contributed by atoms with van der Waals surface area (Å²) in [6.07, 6.45) is -1.84. The van der Waals surface area contributed by atoms with Crippen molar-refractivity contribution in [2.75, 3.05) is 6.61 Å². The lowest BCUT2D eigenvalue weighted by Gasteiger charge is -2.45. The van der Waals surface area contributed by atoms with Gasteiger partial charge in [-0.15, -0.1) is 0 Å². The molecule has 0 amide bonds. The molecule has 2 N–H and O–H groups in total. The van der Waals surface area contributed by atoms with E-state index in [9.17, 15) is 14.7 Å². The molecule has 5 atom stereocenters. The zero-order valence-corrected chi connectivity index (χ0v) is 21.1. The average molecular weight is 495 g/mol. The molecule has 2 bridgehead atoms. The first kappa shape index (κ1) is 23.9. The Morgan fingerprint density at radius 1 is 1.06 bits per heavy atom. The van der Waals surface area contributed by atoms with Crippen LogP contribution in [0.4, 0.5) is 0 Å². The largest absolute Gasteiger partial charge is 0.404 e. The van der Waals surface area contributed by atoms with E-state index in [1.165, 1.54) is 16.8 Å². The smallest absolute Gasteiger partial charge is 0.330 e. The molecule has 1 aromatic heterocycles. The Balaban J connectivity index is 1.55. The molecule has 8 nitrogen and oxygen atoms in total. The third kappa shape index (κ3) is 4.23. The number of rotatable bonds is 6. The summed E-state index contributed by atoms with van der Waals surface area (Å²) >= 11 is 0. The molecule has 184 valence electrons. The second-order valence-electron chi connectivity index (χ2n) is 10.3. The summed E-state index contributed by atoms with van der Waals surface area (Å²) in [5.41, 5.74) is -2.73. The summed E-state index contributed by atoms with van der Waals surface area (Å²) < 4.78 is 20.8. The lowest BCUT2D eigenvalue weighted by atomic mass is 9.77. The fourth-order valence-corrected chi connectivity index (χ4v) is 8.00. The topological polar surface area (TPSA) is 103 Å². The van der Waals surface area contributed by atoms with Crippen molar-refractivity contribution >= 4 is 19.4 Å². The van der Waals surface area contributed by atoms with Gasteiger partial charge in [-0.2, -0.15) is 0 Å². The van der Waals surface area contributed by atoms with Crippen LogP contribution in [0.25, 0.3) is 0 Å². The van der Waals surface area contributed by atoms with Gasteiger partial charge in [-0.1, -0.05) is 81.4 Å². The Bertz CT molecular complexity index is 1250. The number of aliphatic hydroxyl groups excluding tert-OH is 1. The fraction of sp³-hybridized carbons (Fsp3) is 0.385. The normalized spacial score (nSPS) is 26.8. The maximum Gasteiger partial charge on any atom is 0.330 e. The van der Waals surface area contributed by atoms with E-state index in [1.54, 1.807) is 0 Å². The van der Waals surface area contributed by atoms with Crippen LogP contribution in [-0.2, 0) is 13.9 Å². The van der Waals surface area contributed by atoms with E-state index in [-0.39, 0.29) is 6.61 Å². The molecular weight excluding hydrogens is 464 g/mol. The van der Waals surface area contributed by atoms with Gasteiger partial charge in [0.05, 0.1) is 12.7 Å². The first-order valence-corrected chi connectivity index (χ1v) is 13.4. The minimum absolute atomic E-state index is 0.139. The number of H-pyrrole nitrogens is 1. The molecule has 2 fully saturated rings. The molecular formula is C26H30N2O6Si. The van der Waals surface area contributed by atoms with E-state index in [0.29, 0.717) is 0 Å². The summed E-state index contributed by atoms with van der Waals surface area (Å²) in [6, 6.07) is 21.5. The summed E-state index contributed by atoms with van der Waals surface area (Å²) in [5.74, 6) is 0. The highest BCUT2D eigenvalue weighted by Crippen LogP contribution is 2.50. The van der Waals surface area contributed by atoms with Crippen LogP contribution in [0.5, 0.6) is 0 Å². The van der Waals surface area contributed by atoms with Crippen LogP contribution in [0.15, 0.2) is 82.5 Å². The van der Waals surface area contributed by atoms with Crippen molar-refractivity contribution in [3.05, 3.63) is 93.8 Å². The number of hydrogen-bond donors (Lipinski definition) is 2. The van der Waals surface area contributed by atoms with Crippen LogP contribution in [0.3, 0.4) is 0 Å². The van der Waals surface area contributed by atoms with Gasteiger partial charge in [0.2, 0.25) is 9.04 Å². The van der Waals surface area contributed by atoms with Gasteiger partial charge in [0.1, 0.15) is 17.8 Å². The van der Waals surface area contributed by atoms with Crippen LogP contribution in [0.1, 0.15) is 27.0 Å². The number of aromatic amines is 1. The molecule has 3 aromatic rings. The number of fused-ring (bicyclic) bond motifs is 2. The first-order valence-electron chi connectivity index (χ1n) is 11.7. The molecule has 0 saturated carbocycles.